The third-order valence-corrected chi connectivity index (χ3v) is 4.19. The lowest BCUT2D eigenvalue weighted by atomic mass is 10.3. The summed E-state index contributed by atoms with van der Waals surface area (Å²) in [5.74, 6) is 0.979. The molecule has 0 aliphatic heterocycles. The number of aromatic nitrogens is 1. The highest BCUT2D eigenvalue weighted by molar-refractivity contribution is 7.11. The van der Waals surface area contributed by atoms with Gasteiger partial charge in [0, 0.05) is 38.5 Å². The zero-order chi connectivity index (χ0) is 14.3. The summed E-state index contributed by atoms with van der Waals surface area (Å²) in [4.78, 5) is 12.3. The van der Waals surface area contributed by atoms with Crippen molar-refractivity contribution in [2.75, 3.05) is 27.2 Å². The Kier molecular flexibility index (Phi) is 6.84. The molecule has 1 aromatic rings. The maximum atomic E-state index is 4.45. The Morgan fingerprint density at radius 1 is 1.42 bits per heavy atom. The van der Waals surface area contributed by atoms with Gasteiger partial charge in [0.15, 0.2) is 5.96 Å². The van der Waals surface area contributed by atoms with Gasteiger partial charge in [0.05, 0.1) is 10.7 Å². The number of hydrogen-bond acceptors (Lipinski definition) is 3. The minimum absolute atomic E-state index is 0.908. The van der Waals surface area contributed by atoms with E-state index in [4.69, 9.17) is 0 Å². The first-order chi connectivity index (χ1) is 9.08. The second-order valence-corrected chi connectivity index (χ2v) is 6.03. The highest BCUT2D eigenvalue weighted by atomic mass is 32.1. The van der Waals surface area contributed by atoms with Crippen molar-refractivity contribution in [1.29, 1.82) is 0 Å². The summed E-state index contributed by atoms with van der Waals surface area (Å²) in [6.45, 7) is 8.31. The average Bonchev–Trinajstić information content (AvgIpc) is 2.70. The van der Waals surface area contributed by atoms with E-state index in [1.807, 2.05) is 7.05 Å². The lowest BCUT2D eigenvalue weighted by Crippen LogP contribution is -2.40. The fourth-order valence-electron chi connectivity index (χ4n) is 1.98. The van der Waals surface area contributed by atoms with Crippen LogP contribution in [0.2, 0.25) is 0 Å². The molecule has 0 spiro atoms. The molecule has 0 bridgehead atoms. The quantitative estimate of drug-likeness (QED) is 0.644. The van der Waals surface area contributed by atoms with Crippen LogP contribution in [0.25, 0.3) is 0 Å². The van der Waals surface area contributed by atoms with E-state index >= 15 is 0 Å². The lowest BCUT2D eigenvalue weighted by molar-refractivity contribution is 0.465. The van der Waals surface area contributed by atoms with Crippen LogP contribution in [0, 0.1) is 13.8 Å². The third-order valence-electron chi connectivity index (χ3n) is 3.06. The van der Waals surface area contributed by atoms with Crippen molar-refractivity contribution in [1.82, 2.24) is 15.2 Å². The first-order valence-electron chi connectivity index (χ1n) is 6.93. The van der Waals surface area contributed by atoms with E-state index in [-0.39, 0.29) is 0 Å². The second-order valence-electron chi connectivity index (χ2n) is 4.74. The van der Waals surface area contributed by atoms with Crippen LogP contribution in [0.15, 0.2) is 4.99 Å². The highest BCUT2D eigenvalue weighted by Crippen LogP contribution is 2.17. The topological polar surface area (TPSA) is 40.5 Å². The molecule has 19 heavy (non-hydrogen) atoms. The zero-order valence-corrected chi connectivity index (χ0v) is 13.6. The monoisotopic (exact) mass is 282 g/mol. The Bertz CT molecular complexity index is 412. The SMILES string of the molecule is CCCCN(C)C(=NC)NCCc1sc(C)nc1C. The van der Waals surface area contributed by atoms with Crippen LogP contribution in [0.4, 0.5) is 0 Å². The Labute approximate surface area is 121 Å². The maximum absolute atomic E-state index is 4.45. The number of nitrogens with one attached hydrogen (secondary N) is 1. The van der Waals surface area contributed by atoms with E-state index in [9.17, 15) is 0 Å². The number of aliphatic imine (C=N–C) groups is 1. The van der Waals surface area contributed by atoms with Gasteiger partial charge in [0.25, 0.3) is 0 Å². The van der Waals surface area contributed by atoms with E-state index in [2.05, 4.69) is 48.0 Å². The van der Waals surface area contributed by atoms with Crippen molar-refractivity contribution in [3.63, 3.8) is 0 Å². The van der Waals surface area contributed by atoms with Crippen LogP contribution in [-0.4, -0.2) is 43.0 Å². The molecule has 0 atom stereocenters. The molecule has 1 heterocycles. The molecule has 0 aliphatic rings. The Morgan fingerprint density at radius 2 is 2.16 bits per heavy atom. The summed E-state index contributed by atoms with van der Waals surface area (Å²) in [7, 11) is 3.93. The maximum Gasteiger partial charge on any atom is 0.193 e. The second kappa shape index (κ2) is 8.15. The fraction of sp³-hybridized carbons (Fsp3) is 0.714. The van der Waals surface area contributed by atoms with E-state index in [0.29, 0.717) is 0 Å². The van der Waals surface area contributed by atoms with Gasteiger partial charge in [0.2, 0.25) is 0 Å². The third kappa shape index (κ3) is 5.19. The first-order valence-corrected chi connectivity index (χ1v) is 7.74. The van der Waals surface area contributed by atoms with Crippen LogP contribution in [0.5, 0.6) is 0 Å². The van der Waals surface area contributed by atoms with Crippen LogP contribution in [-0.2, 0) is 6.42 Å². The molecule has 0 aromatic carbocycles. The molecule has 0 saturated heterocycles. The zero-order valence-electron chi connectivity index (χ0n) is 12.8. The van der Waals surface area contributed by atoms with Gasteiger partial charge in [-0.1, -0.05) is 13.3 Å². The number of hydrogen-bond donors (Lipinski definition) is 1. The summed E-state index contributed by atoms with van der Waals surface area (Å²) in [6.07, 6.45) is 3.42. The van der Waals surface area contributed by atoms with E-state index < -0.39 is 0 Å². The predicted molar refractivity (Wildman–Crippen MR) is 84.2 cm³/mol. The summed E-state index contributed by atoms with van der Waals surface area (Å²) >= 11 is 1.79. The Balaban J connectivity index is 2.40. The molecule has 5 heteroatoms. The molecule has 0 amide bonds. The predicted octanol–water partition coefficient (Wildman–Crippen LogP) is 2.61. The van der Waals surface area contributed by atoms with Gasteiger partial charge in [-0.2, -0.15) is 0 Å². The van der Waals surface area contributed by atoms with Crippen LogP contribution >= 0.6 is 11.3 Å². The summed E-state index contributed by atoms with van der Waals surface area (Å²) in [6, 6.07) is 0. The minimum Gasteiger partial charge on any atom is -0.356 e. The molecule has 108 valence electrons. The summed E-state index contributed by atoms with van der Waals surface area (Å²) in [5.41, 5.74) is 1.17. The molecule has 0 unspecified atom stereocenters. The molecular weight excluding hydrogens is 256 g/mol. The standard InChI is InChI=1S/C14H26N4S/c1-6-7-10-18(5)14(15-4)16-9-8-13-11(2)17-12(3)19-13/h6-10H2,1-5H3,(H,15,16). The fourth-order valence-corrected chi connectivity index (χ4v) is 2.92. The van der Waals surface area contributed by atoms with Gasteiger partial charge in [-0.05, 0) is 20.3 Å². The van der Waals surface area contributed by atoms with Crippen molar-refractivity contribution in [3.05, 3.63) is 15.6 Å². The molecule has 1 rings (SSSR count). The normalized spacial score (nSPS) is 11.7. The molecule has 4 nitrogen and oxygen atoms in total. The minimum atomic E-state index is 0.908. The number of thiazole rings is 1. The van der Waals surface area contributed by atoms with Gasteiger partial charge in [0.1, 0.15) is 0 Å². The van der Waals surface area contributed by atoms with Crippen LogP contribution in [0.1, 0.15) is 35.3 Å². The highest BCUT2D eigenvalue weighted by Gasteiger charge is 2.07. The molecule has 0 aliphatic carbocycles. The van der Waals surface area contributed by atoms with Gasteiger partial charge in [-0.25, -0.2) is 4.98 Å². The lowest BCUT2D eigenvalue weighted by Gasteiger charge is -2.21. The molecule has 0 radical (unpaired) electrons. The summed E-state index contributed by atoms with van der Waals surface area (Å²) in [5, 5.41) is 4.57. The Morgan fingerprint density at radius 3 is 2.68 bits per heavy atom. The van der Waals surface area contributed by atoms with E-state index in [1.54, 1.807) is 11.3 Å². The van der Waals surface area contributed by atoms with Crippen molar-refractivity contribution in [3.8, 4) is 0 Å². The molecular formula is C14H26N4S. The smallest absolute Gasteiger partial charge is 0.193 e. The van der Waals surface area contributed by atoms with Crippen molar-refractivity contribution in [2.24, 2.45) is 4.99 Å². The van der Waals surface area contributed by atoms with Gasteiger partial charge >= 0.3 is 0 Å². The van der Waals surface area contributed by atoms with E-state index in [0.717, 1.165) is 30.5 Å². The summed E-state index contributed by atoms with van der Waals surface area (Å²) < 4.78 is 0. The van der Waals surface area contributed by atoms with E-state index in [1.165, 1.54) is 23.4 Å². The van der Waals surface area contributed by atoms with Crippen molar-refractivity contribution >= 4 is 17.3 Å². The van der Waals surface area contributed by atoms with Crippen molar-refractivity contribution < 1.29 is 0 Å². The molecule has 1 N–H and O–H groups in total. The van der Waals surface area contributed by atoms with Crippen LogP contribution < -0.4 is 5.32 Å². The number of aryl methyl sites for hydroxylation is 2. The number of nitrogens with zero attached hydrogens (tertiary/aromatic N) is 3. The number of unbranched alkanes of at least 4 members (excludes halogenated alkanes) is 1. The van der Waals surface area contributed by atoms with Crippen molar-refractivity contribution in [2.45, 2.75) is 40.0 Å². The van der Waals surface area contributed by atoms with Crippen LogP contribution in [0.3, 0.4) is 0 Å². The Hall–Kier alpha value is -1.10. The van der Waals surface area contributed by atoms with Gasteiger partial charge < -0.3 is 10.2 Å². The molecule has 0 fully saturated rings. The van der Waals surface area contributed by atoms with Gasteiger partial charge in [-0.15, -0.1) is 11.3 Å². The average molecular weight is 282 g/mol. The number of rotatable bonds is 6. The number of guanidine groups is 1. The largest absolute Gasteiger partial charge is 0.356 e. The first kappa shape index (κ1) is 16.0. The molecule has 0 saturated carbocycles. The molecule has 1 aromatic heterocycles. The van der Waals surface area contributed by atoms with Gasteiger partial charge in [-0.3, -0.25) is 4.99 Å².